The van der Waals surface area contributed by atoms with E-state index >= 15 is 0 Å². The second-order valence-corrected chi connectivity index (χ2v) is 6.58. The maximum Gasteiger partial charge on any atom is 0.417 e. The van der Waals surface area contributed by atoms with E-state index < -0.39 is 6.09 Å². The summed E-state index contributed by atoms with van der Waals surface area (Å²) in [6.07, 6.45) is 0.972. The van der Waals surface area contributed by atoms with Crippen LogP contribution in [0.4, 0.5) is 10.5 Å². The molecular formula is C17H17ClN4O3S. The van der Waals surface area contributed by atoms with Crippen molar-refractivity contribution in [2.75, 3.05) is 18.5 Å². The van der Waals surface area contributed by atoms with Crippen LogP contribution in [0.1, 0.15) is 0 Å². The molecule has 0 bridgehead atoms. The highest BCUT2D eigenvalue weighted by atomic mass is 35.5. The molecule has 0 atom stereocenters. The molecule has 1 aromatic carbocycles. The summed E-state index contributed by atoms with van der Waals surface area (Å²) < 4.78 is 12.5. The lowest BCUT2D eigenvalue weighted by molar-refractivity contribution is 0.216. The van der Waals surface area contributed by atoms with Crippen molar-refractivity contribution in [3.8, 4) is 22.1 Å². The van der Waals surface area contributed by atoms with E-state index in [1.54, 1.807) is 48.3 Å². The molecule has 3 rings (SSSR count). The smallest absolute Gasteiger partial charge is 0.417 e. The first-order chi connectivity index (χ1) is 12.6. The van der Waals surface area contributed by atoms with Gasteiger partial charge >= 0.3 is 6.09 Å². The number of amides is 1. The number of carbonyl (C=O) groups is 1. The third-order valence-corrected chi connectivity index (χ3v) is 4.46. The van der Waals surface area contributed by atoms with Crippen molar-refractivity contribution in [1.29, 1.82) is 0 Å². The number of hydrogen-bond acceptors (Lipinski definition) is 6. The molecule has 0 aliphatic carbocycles. The van der Waals surface area contributed by atoms with Crippen LogP contribution in [0.3, 0.4) is 0 Å². The lowest BCUT2D eigenvalue weighted by Gasteiger charge is -2.14. The van der Waals surface area contributed by atoms with Gasteiger partial charge in [0.1, 0.15) is 12.4 Å². The Balaban J connectivity index is 1.88. The van der Waals surface area contributed by atoms with E-state index in [4.69, 9.17) is 26.8 Å². The molecule has 0 radical (unpaired) electrons. The topological polar surface area (TPSA) is 91.4 Å². The molecule has 0 saturated carbocycles. The average molecular weight is 393 g/mol. The van der Waals surface area contributed by atoms with E-state index in [1.165, 1.54) is 11.3 Å². The van der Waals surface area contributed by atoms with Gasteiger partial charge in [-0.15, -0.1) is 11.3 Å². The van der Waals surface area contributed by atoms with E-state index in [1.807, 2.05) is 5.38 Å². The minimum Gasteiger partial charge on any atom is -0.492 e. The Labute approximate surface area is 159 Å². The molecular weight excluding hydrogens is 376 g/mol. The number of aryl methyl sites for hydroxylation is 1. The van der Waals surface area contributed by atoms with E-state index in [9.17, 15) is 4.79 Å². The van der Waals surface area contributed by atoms with Crippen molar-refractivity contribution in [1.82, 2.24) is 9.78 Å². The molecule has 3 N–H and O–H groups in total. The Morgan fingerprint density at radius 2 is 2.27 bits per heavy atom. The Bertz CT molecular complexity index is 876. The molecule has 2 heterocycles. The number of hydrogen-bond donors (Lipinski definition) is 2. The fraction of sp³-hybridized carbons (Fsp3) is 0.176. The summed E-state index contributed by atoms with van der Waals surface area (Å²) in [6, 6.07) is 8.74. The fourth-order valence-corrected chi connectivity index (χ4v) is 3.20. The van der Waals surface area contributed by atoms with Crippen LogP contribution < -0.4 is 20.5 Å². The first-order valence-corrected chi connectivity index (χ1v) is 9.01. The van der Waals surface area contributed by atoms with Crippen LogP contribution in [0.2, 0.25) is 5.02 Å². The highest BCUT2D eigenvalue weighted by Crippen LogP contribution is 2.36. The molecule has 2 aromatic heterocycles. The Kier molecular flexibility index (Phi) is 5.77. The fourth-order valence-electron chi connectivity index (χ4n) is 2.36. The van der Waals surface area contributed by atoms with Crippen molar-refractivity contribution >= 4 is 34.7 Å². The zero-order valence-electron chi connectivity index (χ0n) is 13.9. The molecule has 0 spiro atoms. The van der Waals surface area contributed by atoms with Gasteiger partial charge in [0.2, 0.25) is 0 Å². The third-order valence-electron chi connectivity index (χ3n) is 3.44. The number of aromatic nitrogens is 2. The van der Waals surface area contributed by atoms with Crippen molar-refractivity contribution in [2.24, 2.45) is 12.8 Å². The molecule has 0 aliphatic heterocycles. The van der Waals surface area contributed by atoms with Crippen molar-refractivity contribution in [3.63, 3.8) is 0 Å². The summed E-state index contributed by atoms with van der Waals surface area (Å²) in [5.74, 6) is 0.595. The molecule has 1 amide bonds. The normalized spacial score (nSPS) is 10.6. The maximum absolute atomic E-state index is 12.1. The minimum absolute atomic E-state index is 0.357. The number of nitrogens with two attached hydrogens (primary N) is 1. The molecule has 0 saturated heterocycles. The van der Waals surface area contributed by atoms with Crippen LogP contribution in [0.25, 0.3) is 11.3 Å². The van der Waals surface area contributed by atoms with Crippen LogP contribution >= 0.6 is 22.9 Å². The number of anilines is 1. The monoisotopic (exact) mass is 392 g/mol. The summed E-state index contributed by atoms with van der Waals surface area (Å²) in [6.45, 7) is 0.737. The zero-order chi connectivity index (χ0) is 18.5. The van der Waals surface area contributed by atoms with Crippen LogP contribution in [0.15, 0.2) is 41.9 Å². The third kappa shape index (κ3) is 4.16. The molecule has 9 heteroatoms. The Morgan fingerprint density at radius 1 is 1.42 bits per heavy atom. The maximum atomic E-state index is 12.1. The lowest BCUT2D eigenvalue weighted by Crippen LogP contribution is -2.16. The summed E-state index contributed by atoms with van der Waals surface area (Å²) in [7, 11) is 1.78. The minimum atomic E-state index is -0.579. The number of benzene rings is 1. The van der Waals surface area contributed by atoms with Crippen LogP contribution in [-0.2, 0) is 7.05 Å². The van der Waals surface area contributed by atoms with E-state index in [0.717, 1.165) is 0 Å². The number of rotatable bonds is 6. The Hall–Kier alpha value is -2.55. The largest absolute Gasteiger partial charge is 0.492 e. The predicted molar refractivity (Wildman–Crippen MR) is 102 cm³/mol. The predicted octanol–water partition coefficient (Wildman–Crippen LogP) is 3.75. The van der Waals surface area contributed by atoms with Crippen LogP contribution in [0, 0.1) is 0 Å². The van der Waals surface area contributed by atoms with Crippen LogP contribution in [0.5, 0.6) is 10.8 Å². The number of nitrogens with one attached hydrogen (secondary N) is 1. The van der Waals surface area contributed by atoms with E-state index in [2.05, 4.69) is 10.4 Å². The molecule has 136 valence electrons. The number of carbonyl (C=O) groups excluding carboxylic acids is 1. The van der Waals surface area contributed by atoms with Gasteiger partial charge in [-0.2, -0.15) is 5.10 Å². The van der Waals surface area contributed by atoms with Gasteiger partial charge in [-0.25, -0.2) is 4.79 Å². The molecule has 0 unspecified atom stereocenters. The van der Waals surface area contributed by atoms with Crippen molar-refractivity contribution in [3.05, 3.63) is 46.9 Å². The first kappa shape index (κ1) is 18.2. The molecule has 3 aromatic rings. The van der Waals surface area contributed by atoms with Crippen molar-refractivity contribution in [2.45, 2.75) is 0 Å². The second kappa shape index (κ2) is 8.22. The number of ether oxygens (including phenoxy) is 2. The number of thiophene rings is 1. The van der Waals surface area contributed by atoms with Gasteiger partial charge in [0, 0.05) is 24.8 Å². The second-order valence-electron chi connectivity index (χ2n) is 5.26. The van der Waals surface area contributed by atoms with Gasteiger partial charge < -0.3 is 15.2 Å². The molecule has 0 fully saturated rings. The quantitative estimate of drug-likeness (QED) is 0.666. The highest BCUT2D eigenvalue weighted by Gasteiger charge is 2.16. The molecule has 7 nitrogen and oxygen atoms in total. The highest BCUT2D eigenvalue weighted by molar-refractivity contribution is 7.11. The lowest BCUT2D eigenvalue weighted by atomic mass is 10.1. The molecule has 0 aliphatic rings. The molecule has 26 heavy (non-hydrogen) atoms. The number of halogens is 1. The number of nitrogens with zero attached hydrogens (tertiary/aromatic N) is 2. The average Bonchev–Trinajstić information content (AvgIpc) is 3.23. The van der Waals surface area contributed by atoms with Gasteiger partial charge in [0.05, 0.1) is 16.9 Å². The van der Waals surface area contributed by atoms with Gasteiger partial charge in [-0.05, 0) is 35.7 Å². The van der Waals surface area contributed by atoms with E-state index in [0.29, 0.717) is 45.9 Å². The Morgan fingerprint density at radius 3 is 2.92 bits per heavy atom. The summed E-state index contributed by atoms with van der Waals surface area (Å²) in [5, 5.41) is 9.66. The van der Waals surface area contributed by atoms with Gasteiger partial charge in [0.15, 0.2) is 5.06 Å². The van der Waals surface area contributed by atoms with Gasteiger partial charge in [0.25, 0.3) is 0 Å². The SMILES string of the molecule is Cn1ncc(Cl)c1-c1cc(NC(=O)Oc2cccs2)ccc1OCCN. The summed E-state index contributed by atoms with van der Waals surface area (Å²) in [4.78, 5) is 12.1. The standard InChI is InChI=1S/C17H17ClN4O3S/c1-22-16(13(18)10-20-22)12-9-11(4-5-14(12)24-7-6-19)21-17(23)25-15-3-2-8-26-15/h2-5,8-10H,6-7,19H2,1H3,(H,21,23). The zero-order valence-corrected chi connectivity index (χ0v) is 15.5. The van der Waals surface area contributed by atoms with Gasteiger partial charge in [-0.1, -0.05) is 11.6 Å². The summed E-state index contributed by atoms with van der Waals surface area (Å²) in [5.41, 5.74) is 7.43. The van der Waals surface area contributed by atoms with Crippen molar-refractivity contribution < 1.29 is 14.3 Å². The first-order valence-electron chi connectivity index (χ1n) is 7.75. The van der Waals surface area contributed by atoms with E-state index in [-0.39, 0.29) is 0 Å². The van der Waals surface area contributed by atoms with Gasteiger partial charge in [-0.3, -0.25) is 10.00 Å². The van der Waals surface area contributed by atoms with Crippen LogP contribution in [-0.4, -0.2) is 29.0 Å². The summed E-state index contributed by atoms with van der Waals surface area (Å²) >= 11 is 7.60.